The van der Waals surface area contributed by atoms with Crippen LogP contribution in [0.3, 0.4) is 0 Å². The van der Waals surface area contributed by atoms with Crippen molar-refractivity contribution in [3.8, 4) is 0 Å². The molecular formula is C11H20O4. The minimum Gasteiger partial charge on any atom is -0.502 e. The Bertz CT molecular complexity index is 154. The second kappa shape index (κ2) is 22.8. The number of ether oxygens (including phenoxy) is 1. The van der Waals surface area contributed by atoms with Crippen molar-refractivity contribution in [2.45, 2.75) is 19.8 Å². The van der Waals surface area contributed by atoms with E-state index in [1.807, 2.05) is 0 Å². The Morgan fingerprint density at radius 1 is 1.27 bits per heavy atom. The van der Waals surface area contributed by atoms with Crippen molar-refractivity contribution in [3.63, 3.8) is 0 Å². The van der Waals surface area contributed by atoms with Crippen molar-refractivity contribution in [3.05, 3.63) is 38.2 Å². The van der Waals surface area contributed by atoms with Crippen molar-refractivity contribution >= 4 is 6.16 Å². The number of allylic oxidation sites excluding steroid dienone is 2. The van der Waals surface area contributed by atoms with Crippen molar-refractivity contribution in [1.82, 2.24) is 0 Å². The third-order valence-corrected chi connectivity index (χ3v) is 0.900. The second-order valence-electron chi connectivity index (χ2n) is 2.14. The predicted octanol–water partition coefficient (Wildman–Crippen LogP) is 3.53. The Balaban J connectivity index is -0.000000155. The SMILES string of the molecule is C=CC=C.C=COCCCC.O=C(O)O. The minimum absolute atomic E-state index is 0.819. The zero-order chi connectivity index (χ0) is 12.5. The van der Waals surface area contributed by atoms with E-state index in [0.29, 0.717) is 0 Å². The summed E-state index contributed by atoms with van der Waals surface area (Å²) in [7, 11) is 0. The van der Waals surface area contributed by atoms with Gasteiger partial charge < -0.3 is 14.9 Å². The lowest BCUT2D eigenvalue weighted by Gasteiger charge is -1.93. The highest BCUT2D eigenvalue weighted by molar-refractivity contribution is 5.53. The lowest BCUT2D eigenvalue weighted by atomic mass is 10.4. The first-order valence-electron chi connectivity index (χ1n) is 4.44. The van der Waals surface area contributed by atoms with Gasteiger partial charge in [0.25, 0.3) is 0 Å². The number of carbonyl (C=O) groups is 1. The monoisotopic (exact) mass is 216 g/mol. The molecule has 0 rings (SSSR count). The number of unbranched alkanes of at least 4 members (excludes halogenated alkanes) is 1. The van der Waals surface area contributed by atoms with Crippen molar-refractivity contribution in [2.24, 2.45) is 0 Å². The summed E-state index contributed by atoms with van der Waals surface area (Å²) in [5, 5.41) is 13.9. The molecule has 0 atom stereocenters. The van der Waals surface area contributed by atoms with E-state index < -0.39 is 6.16 Å². The van der Waals surface area contributed by atoms with Gasteiger partial charge >= 0.3 is 6.16 Å². The van der Waals surface area contributed by atoms with Crippen LogP contribution in [0.5, 0.6) is 0 Å². The van der Waals surface area contributed by atoms with Crippen LogP contribution in [0.15, 0.2) is 38.2 Å². The normalized spacial score (nSPS) is 6.73. The van der Waals surface area contributed by atoms with Crippen LogP contribution < -0.4 is 0 Å². The fraction of sp³-hybridized carbons (Fsp3) is 0.364. The summed E-state index contributed by atoms with van der Waals surface area (Å²) in [5.74, 6) is 0. The maximum atomic E-state index is 8.56. The molecule has 0 fully saturated rings. The summed E-state index contributed by atoms with van der Waals surface area (Å²) in [5.41, 5.74) is 0. The van der Waals surface area contributed by atoms with Crippen molar-refractivity contribution < 1.29 is 19.7 Å². The molecule has 0 heterocycles. The summed E-state index contributed by atoms with van der Waals surface area (Å²) in [6, 6.07) is 0. The summed E-state index contributed by atoms with van der Waals surface area (Å²) in [6.45, 7) is 13.1. The quantitative estimate of drug-likeness (QED) is 0.419. The standard InChI is InChI=1S/C6H12O.C4H6.CH2O3/c1-3-5-6-7-4-2;1-3-4-2;2-1(3)4/h4H,2-3,5-6H2,1H3;3-4H,1-2H2;(H2,2,3,4). The minimum atomic E-state index is -1.83. The smallest absolute Gasteiger partial charge is 0.502 e. The molecule has 15 heavy (non-hydrogen) atoms. The van der Waals surface area contributed by atoms with Gasteiger partial charge in [-0.1, -0.05) is 45.2 Å². The van der Waals surface area contributed by atoms with Crippen LogP contribution in [0.4, 0.5) is 4.79 Å². The molecule has 0 aromatic heterocycles. The van der Waals surface area contributed by atoms with Gasteiger partial charge in [-0.05, 0) is 6.42 Å². The van der Waals surface area contributed by atoms with Crippen LogP contribution in [0.2, 0.25) is 0 Å². The molecule has 0 radical (unpaired) electrons. The molecular weight excluding hydrogens is 196 g/mol. The van der Waals surface area contributed by atoms with Crippen LogP contribution in [0.25, 0.3) is 0 Å². The van der Waals surface area contributed by atoms with Gasteiger partial charge in [-0.15, -0.1) is 0 Å². The average molecular weight is 216 g/mol. The first-order valence-corrected chi connectivity index (χ1v) is 4.44. The molecule has 0 amide bonds. The molecule has 0 aliphatic carbocycles. The highest BCUT2D eigenvalue weighted by atomic mass is 16.6. The third kappa shape index (κ3) is 120. The Kier molecular flexibility index (Phi) is 28.8. The van der Waals surface area contributed by atoms with Crippen molar-refractivity contribution in [1.29, 1.82) is 0 Å². The zero-order valence-electron chi connectivity index (χ0n) is 9.19. The van der Waals surface area contributed by atoms with Crippen LogP contribution in [-0.4, -0.2) is 23.0 Å². The summed E-state index contributed by atoms with van der Waals surface area (Å²) in [4.78, 5) is 8.56. The van der Waals surface area contributed by atoms with Crippen molar-refractivity contribution in [2.75, 3.05) is 6.61 Å². The van der Waals surface area contributed by atoms with Gasteiger partial charge in [-0.2, -0.15) is 0 Å². The van der Waals surface area contributed by atoms with Gasteiger partial charge in [0.2, 0.25) is 0 Å². The lowest BCUT2D eigenvalue weighted by molar-refractivity contribution is 0.137. The number of carboxylic acid groups (broad SMARTS) is 2. The molecule has 4 nitrogen and oxygen atoms in total. The maximum Gasteiger partial charge on any atom is 0.503 e. The lowest BCUT2D eigenvalue weighted by Crippen LogP contribution is -1.83. The van der Waals surface area contributed by atoms with E-state index in [1.165, 1.54) is 12.7 Å². The van der Waals surface area contributed by atoms with Gasteiger partial charge in [0.15, 0.2) is 0 Å². The van der Waals surface area contributed by atoms with E-state index in [0.717, 1.165) is 13.0 Å². The molecule has 88 valence electrons. The summed E-state index contributed by atoms with van der Waals surface area (Å²) >= 11 is 0. The number of hydrogen-bond donors (Lipinski definition) is 2. The molecule has 2 N–H and O–H groups in total. The third-order valence-electron chi connectivity index (χ3n) is 0.900. The molecule has 0 saturated heterocycles. The van der Waals surface area contributed by atoms with Crippen LogP contribution in [-0.2, 0) is 4.74 Å². The molecule has 4 heteroatoms. The topological polar surface area (TPSA) is 66.8 Å². The van der Waals surface area contributed by atoms with Crippen LogP contribution >= 0.6 is 0 Å². The molecule has 0 spiro atoms. The van der Waals surface area contributed by atoms with Gasteiger partial charge in [0.1, 0.15) is 0 Å². The Hall–Kier alpha value is -1.71. The molecule has 0 unspecified atom stereocenters. The van der Waals surface area contributed by atoms with E-state index in [4.69, 9.17) is 19.7 Å². The molecule has 0 aromatic carbocycles. The first kappa shape index (κ1) is 19.0. The number of rotatable bonds is 5. The van der Waals surface area contributed by atoms with E-state index >= 15 is 0 Å². The molecule has 0 bridgehead atoms. The van der Waals surface area contributed by atoms with Gasteiger partial charge in [-0.25, -0.2) is 4.79 Å². The van der Waals surface area contributed by atoms with Gasteiger partial charge in [0, 0.05) is 0 Å². The van der Waals surface area contributed by atoms with Crippen LogP contribution in [0.1, 0.15) is 19.8 Å². The van der Waals surface area contributed by atoms with E-state index in [-0.39, 0.29) is 0 Å². The Morgan fingerprint density at radius 2 is 1.67 bits per heavy atom. The van der Waals surface area contributed by atoms with E-state index in [1.54, 1.807) is 12.2 Å². The average Bonchev–Trinajstić information content (AvgIpc) is 2.18. The second-order valence-corrected chi connectivity index (χ2v) is 2.14. The largest absolute Gasteiger partial charge is 0.503 e. The van der Waals surface area contributed by atoms with Gasteiger partial charge in [0.05, 0.1) is 12.9 Å². The summed E-state index contributed by atoms with van der Waals surface area (Å²) in [6.07, 6.45) is 5.25. The molecule has 0 aliphatic rings. The van der Waals surface area contributed by atoms with E-state index in [9.17, 15) is 0 Å². The molecule has 0 aromatic rings. The molecule has 0 aliphatic heterocycles. The fourth-order valence-electron chi connectivity index (χ4n) is 0.311. The highest BCUT2D eigenvalue weighted by Crippen LogP contribution is 1.85. The fourth-order valence-corrected chi connectivity index (χ4v) is 0.311. The molecule has 0 saturated carbocycles. The number of hydrogen-bond acceptors (Lipinski definition) is 2. The Labute approximate surface area is 91.2 Å². The predicted molar refractivity (Wildman–Crippen MR) is 62.1 cm³/mol. The first-order chi connectivity index (χ1) is 7.06. The van der Waals surface area contributed by atoms with Crippen LogP contribution in [0, 0.1) is 0 Å². The zero-order valence-corrected chi connectivity index (χ0v) is 9.19. The Morgan fingerprint density at radius 3 is 1.87 bits per heavy atom. The van der Waals surface area contributed by atoms with Gasteiger partial charge in [-0.3, -0.25) is 0 Å². The summed E-state index contributed by atoms with van der Waals surface area (Å²) < 4.78 is 4.84. The highest BCUT2D eigenvalue weighted by Gasteiger charge is 1.76. The van der Waals surface area contributed by atoms with E-state index in [2.05, 4.69) is 26.7 Å². The maximum absolute atomic E-state index is 8.56.